The summed E-state index contributed by atoms with van der Waals surface area (Å²) in [7, 11) is 0. The third-order valence-electron chi connectivity index (χ3n) is 13.8. The highest BCUT2D eigenvalue weighted by Gasteiger charge is 2.49. The van der Waals surface area contributed by atoms with Crippen LogP contribution in [0.1, 0.15) is 137 Å². The lowest BCUT2D eigenvalue weighted by Gasteiger charge is -2.29. The van der Waals surface area contributed by atoms with E-state index in [-0.39, 0.29) is 12.0 Å². The lowest BCUT2D eigenvalue weighted by Crippen LogP contribution is -2.24. The Kier molecular flexibility index (Phi) is 18.0. The minimum Gasteiger partial charge on any atom is -0.494 e. The maximum Gasteiger partial charge on any atom is 0.336 e. The average Bonchev–Trinajstić information content (AvgIpc) is 3.97. The molecule has 6 nitrogen and oxygen atoms in total. The second-order valence-corrected chi connectivity index (χ2v) is 18.7. The van der Waals surface area contributed by atoms with Crippen molar-refractivity contribution in [2.75, 3.05) is 19.8 Å². The van der Waals surface area contributed by atoms with Gasteiger partial charge >= 0.3 is 5.97 Å². The molecule has 2 aliphatic rings. The van der Waals surface area contributed by atoms with E-state index in [1.165, 1.54) is 81.4 Å². The van der Waals surface area contributed by atoms with Crippen LogP contribution < -0.4 is 19.1 Å². The summed E-state index contributed by atoms with van der Waals surface area (Å²) >= 11 is 0. The molecule has 2 aliphatic carbocycles. The van der Waals surface area contributed by atoms with E-state index in [1.807, 2.05) is 66.8 Å². The lowest BCUT2D eigenvalue weighted by atomic mass is 9.76. The fourth-order valence-electron chi connectivity index (χ4n) is 10.1. The van der Waals surface area contributed by atoms with Crippen LogP contribution in [0.5, 0.6) is 23.0 Å². The second-order valence-electron chi connectivity index (χ2n) is 18.7. The van der Waals surface area contributed by atoms with Crippen LogP contribution in [-0.2, 0) is 27.9 Å². The first-order valence-corrected chi connectivity index (χ1v) is 25.8. The number of rotatable bonds is 26. The van der Waals surface area contributed by atoms with E-state index >= 15 is 0 Å². The molecule has 358 valence electrons. The number of aryl methyl sites for hydroxylation is 2. The molecular weight excluding hydrogens is 853 g/mol. The van der Waals surface area contributed by atoms with Gasteiger partial charge in [-0.15, -0.1) is 0 Å². The zero-order valence-electron chi connectivity index (χ0n) is 40.9. The highest BCUT2D eigenvalue weighted by Crippen LogP contribution is 2.57. The van der Waals surface area contributed by atoms with Crippen LogP contribution in [0.3, 0.4) is 0 Å². The van der Waals surface area contributed by atoms with E-state index in [0.717, 1.165) is 108 Å². The highest BCUT2D eigenvalue weighted by molar-refractivity contribution is 5.89. The number of carbonyl (C=O) groups excluding carboxylic acids is 1. The number of benzene rings is 6. The topological polar surface area (TPSA) is 63.2 Å². The van der Waals surface area contributed by atoms with Crippen LogP contribution in [0.2, 0.25) is 0 Å². The number of hydrogen-bond donors (Lipinski definition) is 0. The smallest absolute Gasteiger partial charge is 0.336 e. The molecule has 6 aromatic rings. The van der Waals surface area contributed by atoms with Crippen molar-refractivity contribution in [3.63, 3.8) is 0 Å². The van der Waals surface area contributed by atoms with Crippen molar-refractivity contribution in [1.82, 2.24) is 0 Å². The summed E-state index contributed by atoms with van der Waals surface area (Å²) in [5.74, 6) is 2.74. The Morgan fingerprint density at radius 1 is 0.507 bits per heavy atom. The third kappa shape index (κ3) is 13.2. The Bertz CT molecular complexity index is 2590. The molecule has 0 aliphatic heterocycles. The molecule has 1 spiro atoms. The summed E-state index contributed by atoms with van der Waals surface area (Å²) in [6.45, 7) is 6.31. The minimum absolute atomic E-state index is 0.287. The van der Waals surface area contributed by atoms with Gasteiger partial charge in [-0.25, -0.2) is 4.79 Å². The molecule has 6 heteroatoms. The normalized spacial score (nSPS) is 14.9. The second kappa shape index (κ2) is 25.3. The molecule has 0 heterocycles. The van der Waals surface area contributed by atoms with Crippen molar-refractivity contribution in [2.45, 2.75) is 122 Å². The van der Waals surface area contributed by atoms with Crippen LogP contribution in [0.4, 0.5) is 0 Å². The number of carbonyl (C=O) groups is 1. The van der Waals surface area contributed by atoms with Crippen LogP contribution >= 0.6 is 0 Å². The Morgan fingerprint density at radius 3 is 1.48 bits per heavy atom. The maximum atomic E-state index is 13.5. The van der Waals surface area contributed by atoms with Crippen LogP contribution in [0, 0.1) is 0 Å². The number of ether oxygens (including phenoxy) is 3. The third-order valence-corrected chi connectivity index (χ3v) is 13.8. The van der Waals surface area contributed by atoms with Gasteiger partial charge in [0.15, 0.2) is 5.75 Å². The zero-order chi connectivity index (χ0) is 47.5. The molecule has 0 N–H and O–H groups in total. The molecule has 0 aromatic heterocycles. The van der Waals surface area contributed by atoms with Gasteiger partial charge in [0.2, 0.25) is 0 Å². The molecule has 1 atom stereocenters. The average molecular weight is 923 g/mol. The largest absolute Gasteiger partial charge is 0.494 e. The molecular formula is C63H70O6. The monoisotopic (exact) mass is 923 g/mol. The van der Waals surface area contributed by atoms with E-state index in [0.29, 0.717) is 11.5 Å². The van der Waals surface area contributed by atoms with E-state index < -0.39 is 5.97 Å². The van der Waals surface area contributed by atoms with Crippen LogP contribution in [-0.4, -0.2) is 25.8 Å². The van der Waals surface area contributed by atoms with Gasteiger partial charge in [-0.3, -0.25) is 0 Å². The molecule has 1 unspecified atom stereocenters. The van der Waals surface area contributed by atoms with Crippen molar-refractivity contribution >= 4 is 18.1 Å². The summed E-state index contributed by atoms with van der Waals surface area (Å²) in [5, 5.41) is 0. The minimum atomic E-state index is -0.406. The van der Waals surface area contributed by atoms with Crippen molar-refractivity contribution in [1.29, 1.82) is 0 Å². The number of esters is 1. The van der Waals surface area contributed by atoms with E-state index in [4.69, 9.17) is 24.0 Å². The molecule has 0 amide bonds. The van der Waals surface area contributed by atoms with Gasteiger partial charge in [0.25, 0.3) is 0 Å². The van der Waals surface area contributed by atoms with E-state index in [9.17, 15) is 4.79 Å². The molecule has 0 fully saturated rings. The first kappa shape index (κ1) is 49.1. The fraction of sp³-hybridized carbons (Fsp3) is 0.349. The molecule has 0 saturated heterocycles. The first-order valence-electron chi connectivity index (χ1n) is 25.8. The van der Waals surface area contributed by atoms with Crippen molar-refractivity contribution in [3.05, 3.63) is 179 Å². The standard InChI is InChI=1S/C63H70O6/c1-3-5-7-9-11-13-45-65-56-36-32-52(33-37-56)50-28-23-48(24-29-50)18-17-47-67-69-59-22-16-20-55-42-44-63(62(55)59)43-41-54-19-15-21-58(61(54)63)68-60(64)40-27-49-25-30-51(31-26-49)53-34-38-57(39-35-53)66-46-14-12-10-8-6-4-2/h15-40H,3-14,41-47H2,1-2H3. The fourth-order valence-corrected chi connectivity index (χ4v) is 10.1. The highest BCUT2D eigenvalue weighted by atomic mass is 17.2. The molecule has 6 aromatic carbocycles. The quantitative estimate of drug-likeness (QED) is 0.0135. The van der Waals surface area contributed by atoms with Gasteiger partial charge in [-0.2, -0.15) is 4.89 Å². The number of hydrogen-bond acceptors (Lipinski definition) is 6. The summed E-state index contributed by atoms with van der Waals surface area (Å²) in [5.41, 5.74) is 10.9. The van der Waals surface area contributed by atoms with Gasteiger partial charge < -0.3 is 19.1 Å². The lowest BCUT2D eigenvalue weighted by molar-refractivity contribution is -0.196. The van der Waals surface area contributed by atoms with Gasteiger partial charge in [0, 0.05) is 22.6 Å². The Morgan fingerprint density at radius 2 is 0.957 bits per heavy atom. The first-order chi connectivity index (χ1) is 34.0. The predicted molar refractivity (Wildman–Crippen MR) is 282 cm³/mol. The van der Waals surface area contributed by atoms with Crippen molar-refractivity contribution in [2.24, 2.45) is 0 Å². The molecule has 0 bridgehead atoms. The molecule has 0 saturated carbocycles. The van der Waals surface area contributed by atoms with Crippen LogP contribution in [0.15, 0.2) is 146 Å². The van der Waals surface area contributed by atoms with Crippen molar-refractivity contribution < 1.29 is 28.8 Å². The molecule has 8 rings (SSSR count). The SMILES string of the molecule is CCCCCCCCOc1ccc(-c2ccc(C=CCOOc3cccc4c3C3(CC4)CCc4cccc(OC(=O)C=Cc5ccc(-c6ccc(OCCCCCCCC)cc6)cc5)c43)cc2)cc1. The summed E-state index contributed by atoms with van der Waals surface area (Å²) in [4.78, 5) is 25.4. The summed E-state index contributed by atoms with van der Waals surface area (Å²) in [6, 6.07) is 45.7. The van der Waals surface area contributed by atoms with Gasteiger partial charge in [0.05, 0.1) is 13.2 Å². The molecule has 0 radical (unpaired) electrons. The van der Waals surface area contributed by atoms with Gasteiger partial charge in [-0.1, -0.05) is 187 Å². The van der Waals surface area contributed by atoms with Crippen LogP contribution in [0.25, 0.3) is 34.4 Å². The van der Waals surface area contributed by atoms with E-state index in [1.54, 1.807) is 0 Å². The Hall–Kier alpha value is -6.37. The van der Waals surface area contributed by atoms with E-state index in [2.05, 4.69) is 98.8 Å². The van der Waals surface area contributed by atoms with Crippen molar-refractivity contribution in [3.8, 4) is 45.3 Å². The zero-order valence-corrected chi connectivity index (χ0v) is 40.9. The predicted octanol–water partition coefficient (Wildman–Crippen LogP) is 16.3. The van der Waals surface area contributed by atoms with Gasteiger partial charge in [-0.05, 0) is 126 Å². The maximum absolute atomic E-state index is 13.5. The van der Waals surface area contributed by atoms with Gasteiger partial charge in [0.1, 0.15) is 23.9 Å². The number of unbranched alkanes of at least 4 members (excludes halogenated alkanes) is 10. The number of fused-ring (bicyclic) bond motifs is 4. The molecule has 69 heavy (non-hydrogen) atoms. The Balaban J connectivity index is 0.827. The summed E-state index contributed by atoms with van der Waals surface area (Å²) in [6.07, 6.45) is 26.0. The Labute approximate surface area is 411 Å². The summed E-state index contributed by atoms with van der Waals surface area (Å²) < 4.78 is 18.1.